The number of para-hydroxylation sites is 3. The summed E-state index contributed by atoms with van der Waals surface area (Å²) in [6.07, 6.45) is 0. The molecule has 0 amide bonds. The van der Waals surface area contributed by atoms with Gasteiger partial charge in [0.05, 0.1) is 36.5 Å². The number of methoxy groups -OCH3 is 2. The number of carbonyl (C=O) groups is 1. The zero-order chi connectivity index (χ0) is 27.4. The number of hydrogen-bond donors (Lipinski definition) is 2. The second kappa shape index (κ2) is 11.1. The number of Topliss-reactive ketones (excluding diaryl/α,β-unsaturated/α-hetero) is 1. The standard InChI is InChI=1S/C32H27N3O4/c1-20-8-4-5-9-25(20)33-29(21-12-16-23(38-2)17-13-21)28(31(36)22-14-18-24(39-3)19-15-22)30-32(37)35-27-11-7-6-10-26(27)34-30/h4-19,33H,1-3H3,(H,35,37)/b29-28+. The van der Waals surface area contributed by atoms with Crippen LogP contribution in [0.5, 0.6) is 11.5 Å². The highest BCUT2D eigenvalue weighted by molar-refractivity contribution is 6.35. The molecule has 0 saturated heterocycles. The Balaban J connectivity index is 1.83. The molecule has 194 valence electrons. The van der Waals surface area contributed by atoms with E-state index in [1.54, 1.807) is 50.6 Å². The highest BCUT2D eigenvalue weighted by Crippen LogP contribution is 2.32. The molecule has 0 aliphatic carbocycles. The van der Waals surface area contributed by atoms with Gasteiger partial charge in [-0.1, -0.05) is 30.3 Å². The number of anilines is 1. The number of H-pyrrole nitrogens is 1. The number of nitrogens with one attached hydrogen (secondary N) is 2. The van der Waals surface area contributed by atoms with Crippen LogP contribution in [0.2, 0.25) is 0 Å². The van der Waals surface area contributed by atoms with Crippen LogP contribution in [-0.4, -0.2) is 30.0 Å². The Kier molecular flexibility index (Phi) is 7.23. The van der Waals surface area contributed by atoms with Gasteiger partial charge in [-0.3, -0.25) is 9.59 Å². The third kappa shape index (κ3) is 5.29. The maximum Gasteiger partial charge on any atom is 0.275 e. The van der Waals surface area contributed by atoms with Gasteiger partial charge >= 0.3 is 0 Å². The number of rotatable bonds is 8. The number of hydrogen-bond acceptors (Lipinski definition) is 6. The Morgan fingerprint density at radius 2 is 1.36 bits per heavy atom. The molecule has 0 fully saturated rings. The molecule has 2 N–H and O–H groups in total. The van der Waals surface area contributed by atoms with Crippen LogP contribution in [0.4, 0.5) is 5.69 Å². The summed E-state index contributed by atoms with van der Waals surface area (Å²) in [6, 6.07) is 29.1. The molecule has 0 unspecified atom stereocenters. The van der Waals surface area contributed by atoms with Gasteiger partial charge in [-0.15, -0.1) is 0 Å². The van der Waals surface area contributed by atoms with Crippen LogP contribution >= 0.6 is 0 Å². The van der Waals surface area contributed by atoms with Crippen molar-refractivity contribution in [2.75, 3.05) is 19.5 Å². The summed E-state index contributed by atoms with van der Waals surface area (Å²) in [5.74, 6) is 0.920. The smallest absolute Gasteiger partial charge is 0.275 e. The molecule has 5 rings (SSSR count). The van der Waals surface area contributed by atoms with Gasteiger partial charge in [0.15, 0.2) is 5.78 Å². The maximum absolute atomic E-state index is 14.3. The molecule has 1 heterocycles. The first-order valence-electron chi connectivity index (χ1n) is 12.4. The van der Waals surface area contributed by atoms with Crippen molar-refractivity contribution in [2.45, 2.75) is 6.92 Å². The molecule has 0 atom stereocenters. The first kappa shape index (κ1) is 25.5. The average Bonchev–Trinajstić information content (AvgIpc) is 2.98. The summed E-state index contributed by atoms with van der Waals surface area (Å²) in [5.41, 5.74) is 4.12. The fourth-order valence-electron chi connectivity index (χ4n) is 4.31. The first-order valence-corrected chi connectivity index (χ1v) is 12.4. The molecule has 0 radical (unpaired) electrons. The SMILES string of the molecule is COc1ccc(C(=O)/C(=C(/Nc2ccccc2C)c2ccc(OC)cc2)c2nc3ccccc3[nH]c2=O)cc1. The lowest BCUT2D eigenvalue weighted by atomic mass is 9.95. The molecule has 5 aromatic rings. The highest BCUT2D eigenvalue weighted by Gasteiger charge is 2.26. The zero-order valence-corrected chi connectivity index (χ0v) is 21.8. The van der Waals surface area contributed by atoms with E-state index in [1.807, 2.05) is 67.6 Å². The minimum atomic E-state index is -0.469. The predicted molar refractivity (Wildman–Crippen MR) is 154 cm³/mol. The number of aromatic amines is 1. The number of benzene rings is 4. The molecule has 0 aliphatic heterocycles. The van der Waals surface area contributed by atoms with Gasteiger partial charge in [0.1, 0.15) is 17.2 Å². The minimum absolute atomic E-state index is 0.0152. The highest BCUT2D eigenvalue weighted by atomic mass is 16.5. The van der Waals surface area contributed by atoms with Crippen molar-refractivity contribution in [2.24, 2.45) is 0 Å². The third-order valence-electron chi connectivity index (χ3n) is 6.45. The van der Waals surface area contributed by atoms with Crippen LogP contribution < -0.4 is 20.3 Å². The Morgan fingerprint density at radius 3 is 2.00 bits per heavy atom. The third-order valence-corrected chi connectivity index (χ3v) is 6.45. The Bertz CT molecular complexity index is 1740. The van der Waals surface area contributed by atoms with Crippen molar-refractivity contribution in [3.05, 3.63) is 130 Å². The topological polar surface area (TPSA) is 93.3 Å². The van der Waals surface area contributed by atoms with Crippen LogP contribution in [0, 0.1) is 6.92 Å². The van der Waals surface area contributed by atoms with Crippen LogP contribution in [-0.2, 0) is 0 Å². The number of aromatic nitrogens is 2. The van der Waals surface area contributed by atoms with E-state index in [2.05, 4.69) is 15.3 Å². The normalized spacial score (nSPS) is 11.6. The fraction of sp³-hybridized carbons (Fsp3) is 0.0938. The monoisotopic (exact) mass is 517 g/mol. The molecular formula is C32H27N3O4. The van der Waals surface area contributed by atoms with Crippen molar-refractivity contribution >= 4 is 33.8 Å². The number of carbonyl (C=O) groups excluding carboxylic acids is 1. The van der Waals surface area contributed by atoms with E-state index < -0.39 is 5.56 Å². The van der Waals surface area contributed by atoms with Gasteiger partial charge in [-0.05, 0) is 84.8 Å². The summed E-state index contributed by atoms with van der Waals surface area (Å²) in [6.45, 7) is 1.97. The second-order valence-electron chi connectivity index (χ2n) is 8.91. The molecule has 4 aromatic carbocycles. The van der Waals surface area contributed by atoms with Crippen LogP contribution in [0.15, 0.2) is 102 Å². The fourth-order valence-corrected chi connectivity index (χ4v) is 4.31. The first-order chi connectivity index (χ1) is 19.0. The Labute approximate surface area is 225 Å². The predicted octanol–water partition coefficient (Wildman–Crippen LogP) is 6.11. The van der Waals surface area contributed by atoms with Crippen LogP contribution in [0.25, 0.3) is 22.3 Å². The summed E-state index contributed by atoms with van der Waals surface area (Å²) in [4.78, 5) is 35.4. The number of nitrogens with zero attached hydrogens (tertiary/aromatic N) is 1. The molecular weight excluding hydrogens is 490 g/mol. The number of ketones is 1. The molecule has 0 bridgehead atoms. The van der Waals surface area contributed by atoms with Crippen molar-refractivity contribution < 1.29 is 14.3 Å². The van der Waals surface area contributed by atoms with Crippen molar-refractivity contribution in [1.29, 1.82) is 0 Å². The van der Waals surface area contributed by atoms with Crippen LogP contribution in [0.1, 0.15) is 27.2 Å². The summed E-state index contributed by atoms with van der Waals surface area (Å²) in [5, 5.41) is 3.45. The van der Waals surface area contributed by atoms with Gasteiger partial charge < -0.3 is 19.8 Å². The molecule has 0 aliphatic rings. The zero-order valence-electron chi connectivity index (χ0n) is 21.8. The van der Waals surface area contributed by atoms with Crippen molar-refractivity contribution in [3.8, 4) is 11.5 Å². The van der Waals surface area contributed by atoms with Gasteiger partial charge in [-0.2, -0.15) is 0 Å². The largest absolute Gasteiger partial charge is 0.497 e. The lowest BCUT2D eigenvalue weighted by Crippen LogP contribution is -2.21. The van der Waals surface area contributed by atoms with E-state index in [0.29, 0.717) is 39.4 Å². The van der Waals surface area contributed by atoms with E-state index in [1.165, 1.54) is 0 Å². The Morgan fingerprint density at radius 1 is 0.769 bits per heavy atom. The van der Waals surface area contributed by atoms with E-state index in [9.17, 15) is 9.59 Å². The van der Waals surface area contributed by atoms with Gasteiger partial charge in [0.25, 0.3) is 5.56 Å². The summed E-state index contributed by atoms with van der Waals surface area (Å²) in [7, 11) is 3.16. The quantitative estimate of drug-likeness (QED) is 0.191. The van der Waals surface area contributed by atoms with Gasteiger partial charge in [0.2, 0.25) is 0 Å². The average molecular weight is 518 g/mol. The van der Waals surface area contributed by atoms with E-state index in [4.69, 9.17) is 9.47 Å². The summed E-state index contributed by atoms with van der Waals surface area (Å²) < 4.78 is 10.6. The Hall–Kier alpha value is -5.17. The van der Waals surface area contributed by atoms with Crippen molar-refractivity contribution in [3.63, 3.8) is 0 Å². The summed E-state index contributed by atoms with van der Waals surface area (Å²) >= 11 is 0. The lowest BCUT2D eigenvalue weighted by Gasteiger charge is -2.19. The van der Waals surface area contributed by atoms with Gasteiger partial charge in [0, 0.05) is 11.3 Å². The number of ether oxygens (including phenoxy) is 2. The van der Waals surface area contributed by atoms with Crippen LogP contribution in [0.3, 0.4) is 0 Å². The lowest BCUT2D eigenvalue weighted by molar-refractivity contribution is 0.105. The van der Waals surface area contributed by atoms with E-state index in [0.717, 1.165) is 11.3 Å². The minimum Gasteiger partial charge on any atom is -0.497 e. The molecule has 39 heavy (non-hydrogen) atoms. The molecule has 7 heteroatoms. The number of allylic oxidation sites excluding steroid dienone is 1. The van der Waals surface area contributed by atoms with Crippen molar-refractivity contribution in [1.82, 2.24) is 9.97 Å². The van der Waals surface area contributed by atoms with E-state index >= 15 is 0 Å². The maximum atomic E-state index is 14.3. The molecule has 1 aromatic heterocycles. The van der Waals surface area contributed by atoms with Gasteiger partial charge in [-0.25, -0.2) is 4.98 Å². The van der Waals surface area contributed by atoms with E-state index in [-0.39, 0.29) is 17.1 Å². The second-order valence-corrected chi connectivity index (χ2v) is 8.91. The molecule has 7 nitrogen and oxygen atoms in total. The molecule has 0 saturated carbocycles. The number of aryl methyl sites for hydroxylation is 1. The number of fused-ring (bicyclic) bond motifs is 1. The molecule has 0 spiro atoms.